The Morgan fingerprint density at radius 1 is 1.23 bits per heavy atom. The third-order valence-corrected chi connectivity index (χ3v) is 2.33. The Kier molecular flexibility index (Phi) is 4.29. The van der Waals surface area contributed by atoms with Gasteiger partial charge in [-0.2, -0.15) is 0 Å². The van der Waals surface area contributed by atoms with Gasteiger partial charge < -0.3 is 5.73 Å². The average molecular weight is 216 g/mol. The van der Waals surface area contributed by atoms with Gasteiger partial charge in [0.15, 0.2) is 0 Å². The lowest BCUT2D eigenvalue weighted by atomic mass is 10.2. The van der Waals surface area contributed by atoms with Crippen LogP contribution in [0.3, 0.4) is 0 Å². The van der Waals surface area contributed by atoms with Gasteiger partial charge >= 0.3 is 0 Å². The zero-order valence-electron chi connectivity index (χ0n) is 7.13. The van der Waals surface area contributed by atoms with Crippen molar-refractivity contribution in [3.8, 4) is 0 Å². The predicted octanol–water partition coefficient (Wildman–Crippen LogP) is 3.36. The van der Waals surface area contributed by atoms with Crippen molar-refractivity contribution in [1.82, 2.24) is 0 Å². The molecule has 0 saturated heterocycles. The van der Waals surface area contributed by atoms with Gasteiger partial charge in [0.1, 0.15) is 0 Å². The van der Waals surface area contributed by atoms with Crippen LogP contribution in [0.5, 0.6) is 0 Å². The molecule has 0 heterocycles. The second kappa shape index (κ2) is 5.28. The van der Waals surface area contributed by atoms with Crippen molar-refractivity contribution < 1.29 is 0 Å². The van der Waals surface area contributed by atoms with Crippen molar-refractivity contribution >= 4 is 29.3 Å². The Morgan fingerprint density at radius 3 is 2.62 bits per heavy atom. The van der Waals surface area contributed by atoms with Crippen LogP contribution in [-0.2, 0) is 0 Å². The smallest absolute Gasteiger partial charge is 0.0598 e. The third kappa shape index (κ3) is 3.39. The van der Waals surface area contributed by atoms with Crippen LogP contribution in [0.1, 0.15) is 12.0 Å². The second-order valence-corrected chi connectivity index (χ2v) is 3.47. The van der Waals surface area contributed by atoms with Crippen LogP contribution in [0.2, 0.25) is 10.0 Å². The van der Waals surface area contributed by atoms with Gasteiger partial charge in [-0.05, 0) is 30.7 Å². The van der Waals surface area contributed by atoms with Crippen LogP contribution in [-0.4, -0.2) is 6.54 Å². The van der Waals surface area contributed by atoms with Gasteiger partial charge in [0, 0.05) is 0 Å². The van der Waals surface area contributed by atoms with Gasteiger partial charge in [-0.1, -0.05) is 41.4 Å². The number of nitrogens with two attached hydrogens (primary N) is 1. The Morgan fingerprint density at radius 2 is 2.00 bits per heavy atom. The third-order valence-electron chi connectivity index (χ3n) is 1.59. The Hall–Kier alpha value is -0.500. The van der Waals surface area contributed by atoms with Crippen LogP contribution in [0.25, 0.3) is 6.08 Å². The summed E-state index contributed by atoms with van der Waals surface area (Å²) >= 11 is 11.6. The first-order valence-corrected chi connectivity index (χ1v) is 4.81. The van der Waals surface area contributed by atoms with Crippen LogP contribution < -0.4 is 5.73 Å². The Labute approximate surface area is 88.1 Å². The highest BCUT2D eigenvalue weighted by Gasteiger charge is 1.95. The van der Waals surface area contributed by atoms with Gasteiger partial charge in [-0.25, -0.2) is 0 Å². The van der Waals surface area contributed by atoms with Gasteiger partial charge in [0.05, 0.1) is 10.0 Å². The van der Waals surface area contributed by atoms with E-state index in [1.165, 1.54) is 0 Å². The molecule has 0 atom stereocenters. The standard InChI is InChI=1S/C10H11Cl2N/c11-9-5-4-8(7-10(9)12)3-1-2-6-13/h1,3-5,7H,2,6,13H2. The summed E-state index contributed by atoms with van der Waals surface area (Å²) in [6.45, 7) is 0.665. The molecule has 0 aliphatic carbocycles. The van der Waals surface area contributed by atoms with Crippen LogP contribution in [0, 0.1) is 0 Å². The van der Waals surface area contributed by atoms with Gasteiger partial charge in [0.2, 0.25) is 0 Å². The second-order valence-electron chi connectivity index (χ2n) is 2.65. The van der Waals surface area contributed by atoms with Crippen molar-refractivity contribution in [2.45, 2.75) is 6.42 Å². The molecule has 2 N–H and O–H groups in total. The molecule has 3 heteroatoms. The van der Waals surface area contributed by atoms with E-state index in [0.29, 0.717) is 16.6 Å². The molecule has 0 aliphatic heterocycles. The van der Waals surface area contributed by atoms with Crippen molar-refractivity contribution in [2.75, 3.05) is 6.54 Å². The first-order valence-electron chi connectivity index (χ1n) is 4.05. The molecular formula is C10H11Cl2N. The maximum absolute atomic E-state index is 5.84. The molecule has 0 unspecified atom stereocenters. The molecule has 1 nitrogen and oxygen atoms in total. The van der Waals surface area contributed by atoms with E-state index in [9.17, 15) is 0 Å². The van der Waals surface area contributed by atoms with E-state index in [-0.39, 0.29) is 0 Å². The largest absolute Gasteiger partial charge is 0.330 e. The lowest BCUT2D eigenvalue weighted by Crippen LogP contribution is -1.94. The first kappa shape index (κ1) is 10.6. The van der Waals surface area contributed by atoms with E-state index >= 15 is 0 Å². The molecule has 0 amide bonds. The molecule has 1 aromatic carbocycles. The summed E-state index contributed by atoms with van der Waals surface area (Å²) in [5.74, 6) is 0. The topological polar surface area (TPSA) is 26.0 Å². The fraction of sp³-hybridized carbons (Fsp3) is 0.200. The fourth-order valence-electron chi connectivity index (χ4n) is 0.932. The van der Waals surface area contributed by atoms with Gasteiger partial charge in [0.25, 0.3) is 0 Å². The average Bonchev–Trinajstić information content (AvgIpc) is 2.12. The van der Waals surface area contributed by atoms with E-state index in [1.807, 2.05) is 24.3 Å². The molecule has 1 aromatic rings. The van der Waals surface area contributed by atoms with Crippen molar-refractivity contribution in [1.29, 1.82) is 0 Å². The normalized spacial score (nSPS) is 11.0. The molecule has 0 aliphatic rings. The minimum Gasteiger partial charge on any atom is -0.330 e. The molecule has 0 fully saturated rings. The Bertz CT molecular complexity index is 308. The highest BCUT2D eigenvalue weighted by Crippen LogP contribution is 2.23. The van der Waals surface area contributed by atoms with Gasteiger partial charge in [-0.15, -0.1) is 0 Å². The maximum Gasteiger partial charge on any atom is 0.0598 e. The van der Waals surface area contributed by atoms with E-state index < -0.39 is 0 Å². The zero-order valence-corrected chi connectivity index (χ0v) is 8.65. The number of rotatable bonds is 3. The zero-order chi connectivity index (χ0) is 9.68. The summed E-state index contributed by atoms with van der Waals surface area (Å²) in [4.78, 5) is 0. The fourth-order valence-corrected chi connectivity index (χ4v) is 1.24. The van der Waals surface area contributed by atoms with E-state index in [0.717, 1.165) is 12.0 Å². The highest BCUT2D eigenvalue weighted by molar-refractivity contribution is 6.42. The Balaban J connectivity index is 2.73. The molecule has 70 valence electrons. The lowest BCUT2D eigenvalue weighted by Gasteiger charge is -1.96. The predicted molar refractivity (Wildman–Crippen MR) is 59.2 cm³/mol. The molecular weight excluding hydrogens is 205 g/mol. The monoisotopic (exact) mass is 215 g/mol. The lowest BCUT2D eigenvalue weighted by molar-refractivity contribution is 1.01. The van der Waals surface area contributed by atoms with Crippen molar-refractivity contribution in [2.24, 2.45) is 5.73 Å². The SMILES string of the molecule is NCCC=Cc1ccc(Cl)c(Cl)c1. The summed E-state index contributed by atoms with van der Waals surface area (Å²) in [6.07, 6.45) is 4.87. The number of benzene rings is 1. The maximum atomic E-state index is 5.84. The number of halogens is 2. The molecule has 0 spiro atoms. The minimum atomic E-state index is 0.580. The molecule has 13 heavy (non-hydrogen) atoms. The van der Waals surface area contributed by atoms with Crippen molar-refractivity contribution in [3.05, 3.63) is 39.9 Å². The number of hydrogen-bond acceptors (Lipinski definition) is 1. The summed E-state index contributed by atoms with van der Waals surface area (Å²) in [7, 11) is 0. The van der Waals surface area contributed by atoms with E-state index in [2.05, 4.69) is 0 Å². The summed E-state index contributed by atoms with van der Waals surface area (Å²) < 4.78 is 0. The molecule has 0 bridgehead atoms. The summed E-state index contributed by atoms with van der Waals surface area (Å²) in [6, 6.07) is 5.53. The van der Waals surface area contributed by atoms with Crippen LogP contribution >= 0.6 is 23.2 Å². The van der Waals surface area contributed by atoms with E-state index in [1.54, 1.807) is 6.07 Å². The van der Waals surface area contributed by atoms with E-state index in [4.69, 9.17) is 28.9 Å². The first-order chi connectivity index (χ1) is 6.24. The van der Waals surface area contributed by atoms with Gasteiger partial charge in [-0.3, -0.25) is 0 Å². The summed E-state index contributed by atoms with van der Waals surface area (Å²) in [5.41, 5.74) is 6.39. The van der Waals surface area contributed by atoms with Crippen molar-refractivity contribution in [3.63, 3.8) is 0 Å². The number of hydrogen-bond donors (Lipinski definition) is 1. The highest BCUT2D eigenvalue weighted by atomic mass is 35.5. The van der Waals surface area contributed by atoms with Crippen LogP contribution in [0.15, 0.2) is 24.3 Å². The molecule has 1 rings (SSSR count). The molecule has 0 aromatic heterocycles. The minimum absolute atomic E-state index is 0.580. The summed E-state index contributed by atoms with van der Waals surface area (Å²) in [5, 5.41) is 1.16. The van der Waals surface area contributed by atoms with Crippen LogP contribution in [0.4, 0.5) is 0 Å². The molecule has 0 saturated carbocycles. The molecule has 0 radical (unpaired) electrons. The quantitative estimate of drug-likeness (QED) is 0.823.